The van der Waals surface area contributed by atoms with Crippen LogP contribution in [0.25, 0.3) is 0 Å². The summed E-state index contributed by atoms with van der Waals surface area (Å²) in [5.74, 6) is 0. The van der Waals surface area contributed by atoms with Gasteiger partial charge in [-0.3, -0.25) is 0 Å². The Bertz CT molecular complexity index is 197. The van der Waals surface area contributed by atoms with Crippen LogP contribution in [-0.2, 0) is 16.5 Å². The fourth-order valence-corrected chi connectivity index (χ4v) is 1.53. The third-order valence-electron chi connectivity index (χ3n) is 2.37. The van der Waals surface area contributed by atoms with Gasteiger partial charge >= 0.3 is 16.5 Å². The predicted octanol–water partition coefficient (Wildman–Crippen LogP) is -10.4. The third-order valence-corrected chi connectivity index (χ3v) is 2.37. The van der Waals surface area contributed by atoms with Crippen molar-refractivity contribution < 1.29 is 74.2 Å². The Morgan fingerprint density at radius 3 is 0.720 bits per heavy atom. The molecular formula is C10H24Cl2N4NiO8. The minimum atomic E-state index is -4.94. The minimum Gasteiger partial charge on any atom is -0.315 e. The molecule has 156 valence electrons. The fourth-order valence-electron chi connectivity index (χ4n) is 1.53. The van der Waals surface area contributed by atoms with E-state index < -0.39 is 20.5 Å². The normalized spacial score (nSPS) is 18.2. The molecule has 0 aromatic heterocycles. The molecule has 25 heavy (non-hydrogen) atoms. The Hall–Kier alpha value is 0.594. The van der Waals surface area contributed by atoms with Crippen molar-refractivity contribution in [2.75, 3.05) is 52.4 Å². The van der Waals surface area contributed by atoms with Gasteiger partial charge in [-0.15, -0.1) is 20.5 Å². The molecule has 2 saturated heterocycles. The number of hydrogen-bond donors (Lipinski definition) is 4. The molecule has 12 nitrogen and oxygen atoms in total. The molecule has 0 aliphatic carbocycles. The Morgan fingerprint density at radius 1 is 0.400 bits per heavy atom. The maximum atomic E-state index is 8.49. The molecule has 2 aliphatic heterocycles. The summed E-state index contributed by atoms with van der Waals surface area (Å²) in [6, 6.07) is 0. The summed E-state index contributed by atoms with van der Waals surface area (Å²) < 4.78 is 67.9. The van der Waals surface area contributed by atoms with Crippen LogP contribution in [0.3, 0.4) is 0 Å². The number of rotatable bonds is 0. The van der Waals surface area contributed by atoms with Crippen molar-refractivity contribution in [3.8, 4) is 0 Å². The van der Waals surface area contributed by atoms with Gasteiger partial charge in [-0.05, 0) is 39.0 Å². The van der Waals surface area contributed by atoms with Crippen LogP contribution in [0, 0.1) is 20.5 Å². The van der Waals surface area contributed by atoms with Crippen molar-refractivity contribution in [1.82, 2.24) is 21.3 Å². The van der Waals surface area contributed by atoms with Crippen molar-refractivity contribution in [3.63, 3.8) is 0 Å². The average Bonchev–Trinajstić information content (AvgIpc) is 2.85. The van der Waals surface area contributed by atoms with E-state index in [1.54, 1.807) is 0 Å². The summed E-state index contributed by atoms with van der Waals surface area (Å²) in [6.45, 7) is 9.31. The van der Waals surface area contributed by atoms with Crippen molar-refractivity contribution in [2.45, 2.75) is 12.8 Å². The number of hydrogen-bond acceptors (Lipinski definition) is 12. The van der Waals surface area contributed by atoms with Crippen LogP contribution < -0.4 is 58.5 Å². The van der Waals surface area contributed by atoms with E-state index in [4.69, 9.17) is 37.3 Å². The minimum absolute atomic E-state index is 0. The molecule has 0 aromatic rings. The summed E-state index contributed by atoms with van der Waals surface area (Å²) in [5.41, 5.74) is 0. The molecule has 2 fully saturated rings. The van der Waals surface area contributed by atoms with Crippen molar-refractivity contribution in [3.05, 3.63) is 0 Å². The Kier molecular flexibility index (Phi) is 23.5. The predicted molar refractivity (Wildman–Crippen MR) is 60.7 cm³/mol. The second-order valence-corrected chi connectivity index (χ2v) is 5.97. The van der Waals surface area contributed by atoms with E-state index >= 15 is 0 Å². The van der Waals surface area contributed by atoms with Gasteiger partial charge in [0.2, 0.25) is 0 Å². The largest absolute Gasteiger partial charge is 2.00 e. The van der Waals surface area contributed by atoms with Gasteiger partial charge in [-0.25, -0.2) is 37.3 Å². The molecule has 2 rings (SSSR count). The second kappa shape index (κ2) is 19.4. The van der Waals surface area contributed by atoms with Gasteiger partial charge in [0.05, 0.1) is 0 Å². The number of halogens is 2. The van der Waals surface area contributed by atoms with Crippen LogP contribution >= 0.6 is 0 Å². The van der Waals surface area contributed by atoms with Crippen molar-refractivity contribution in [1.29, 1.82) is 0 Å². The van der Waals surface area contributed by atoms with Gasteiger partial charge in [0.25, 0.3) is 0 Å². The van der Waals surface area contributed by atoms with E-state index in [0.29, 0.717) is 0 Å². The maximum Gasteiger partial charge on any atom is 2.00 e. The molecule has 2 heterocycles. The molecule has 0 bridgehead atoms. The molecule has 0 saturated carbocycles. The first-order valence-electron chi connectivity index (χ1n) is 7.06. The van der Waals surface area contributed by atoms with E-state index in [9.17, 15) is 0 Å². The van der Waals surface area contributed by atoms with Gasteiger partial charge in [0.15, 0.2) is 0 Å². The molecule has 0 amide bonds. The summed E-state index contributed by atoms with van der Waals surface area (Å²) in [5, 5.41) is 13.1. The summed E-state index contributed by atoms with van der Waals surface area (Å²) in [6.07, 6.45) is 2.56. The van der Waals surface area contributed by atoms with E-state index in [1.165, 1.54) is 39.0 Å². The zero-order valence-electron chi connectivity index (χ0n) is 13.4. The summed E-state index contributed by atoms with van der Waals surface area (Å²) in [7, 11) is -9.89. The summed E-state index contributed by atoms with van der Waals surface area (Å²) >= 11 is 0. The van der Waals surface area contributed by atoms with Crippen LogP contribution in [0.5, 0.6) is 0 Å². The molecule has 0 spiro atoms. The van der Waals surface area contributed by atoms with Crippen LogP contribution in [0.1, 0.15) is 12.8 Å². The van der Waals surface area contributed by atoms with Crippen LogP contribution in [0.15, 0.2) is 0 Å². The maximum absolute atomic E-state index is 8.49. The third kappa shape index (κ3) is 58.9. The van der Waals surface area contributed by atoms with Crippen molar-refractivity contribution >= 4 is 0 Å². The molecular weight excluding hydrogens is 434 g/mol. The Balaban J connectivity index is -0.000000259. The quantitative estimate of drug-likeness (QED) is 0.248. The molecule has 2 aliphatic rings. The monoisotopic (exact) mass is 456 g/mol. The van der Waals surface area contributed by atoms with Gasteiger partial charge in [-0.2, -0.15) is 0 Å². The van der Waals surface area contributed by atoms with E-state index in [-0.39, 0.29) is 16.5 Å². The van der Waals surface area contributed by atoms with E-state index in [0.717, 1.165) is 26.2 Å². The first-order valence-corrected chi connectivity index (χ1v) is 9.53. The van der Waals surface area contributed by atoms with Gasteiger partial charge in [0, 0.05) is 26.2 Å². The van der Waals surface area contributed by atoms with Gasteiger partial charge in [0.1, 0.15) is 0 Å². The Morgan fingerprint density at radius 2 is 0.560 bits per heavy atom. The van der Waals surface area contributed by atoms with Crippen LogP contribution in [-0.4, -0.2) is 52.4 Å². The van der Waals surface area contributed by atoms with Gasteiger partial charge in [-0.1, -0.05) is 0 Å². The van der Waals surface area contributed by atoms with E-state index in [1.807, 2.05) is 0 Å². The smallest absolute Gasteiger partial charge is 0.315 e. The molecule has 0 atom stereocenters. The fraction of sp³-hybridized carbons (Fsp3) is 1.00. The molecule has 15 heteroatoms. The molecule has 4 N–H and O–H groups in total. The standard InChI is InChI=1S/2C5H12N2.2ClHO4.Ni/c2*1-2-6-4-5-7-3-1;2*2-1(3,4)5;/h2*6-7H,1-5H2;2*(H,2,3,4,5);/q;;;;+2/p-2. The van der Waals surface area contributed by atoms with Crippen LogP contribution in [0.2, 0.25) is 0 Å². The first-order chi connectivity index (χ1) is 11.0. The topological polar surface area (TPSA) is 233 Å². The zero-order valence-corrected chi connectivity index (χ0v) is 15.9. The molecule has 0 radical (unpaired) electrons. The van der Waals surface area contributed by atoms with Gasteiger partial charge < -0.3 is 21.3 Å². The van der Waals surface area contributed by atoms with Crippen molar-refractivity contribution in [2.24, 2.45) is 0 Å². The Labute approximate surface area is 161 Å². The molecule has 0 unspecified atom stereocenters. The SMILES string of the molecule is C1CNCCNC1.C1CNCCNC1.[Ni+2].[O-][Cl+3]([O-])([O-])[O-].[O-][Cl+3]([O-])([O-])[O-]. The second-order valence-electron chi connectivity index (χ2n) is 4.46. The average molecular weight is 458 g/mol. The van der Waals surface area contributed by atoms with E-state index in [2.05, 4.69) is 21.3 Å². The first kappa shape index (κ1) is 30.3. The van der Waals surface area contributed by atoms with Crippen LogP contribution in [0.4, 0.5) is 0 Å². The zero-order chi connectivity index (χ0) is 18.9. The molecule has 0 aromatic carbocycles. The summed E-state index contributed by atoms with van der Waals surface area (Å²) in [4.78, 5) is 0. The number of nitrogens with one attached hydrogen (secondary N) is 4.